The molecule has 2 rings (SSSR count). The lowest BCUT2D eigenvalue weighted by molar-refractivity contribution is -0.122. The highest BCUT2D eigenvalue weighted by atomic mass is 16.3. The summed E-state index contributed by atoms with van der Waals surface area (Å²) in [6, 6.07) is 4.60. The fraction of sp³-hybridized carbons (Fsp3) is 0.385. The minimum atomic E-state index is -0.663. The summed E-state index contributed by atoms with van der Waals surface area (Å²) in [5.41, 5.74) is 5.84. The summed E-state index contributed by atoms with van der Waals surface area (Å²) in [5.74, 6) is -1.64. The third-order valence-corrected chi connectivity index (χ3v) is 3.52. The van der Waals surface area contributed by atoms with Gasteiger partial charge in [-0.25, -0.2) is 0 Å². The summed E-state index contributed by atoms with van der Waals surface area (Å²) < 4.78 is 0. The number of likely N-dealkylation sites (tertiary alicyclic amines) is 1. The summed E-state index contributed by atoms with van der Waals surface area (Å²) in [6.07, 6.45) is 0.804. The lowest BCUT2D eigenvalue weighted by Gasteiger charge is -2.30. The number of nitrogen functional groups attached to an aromatic ring is 1. The van der Waals surface area contributed by atoms with Crippen molar-refractivity contribution >= 4 is 17.5 Å². The van der Waals surface area contributed by atoms with Crippen LogP contribution in [0, 0.1) is 10.8 Å². The Morgan fingerprint density at radius 1 is 1.30 bits per heavy atom. The Bertz CT molecular complexity index is 551. The van der Waals surface area contributed by atoms with E-state index in [0.29, 0.717) is 25.9 Å². The Labute approximate surface area is 115 Å². The van der Waals surface area contributed by atoms with Crippen LogP contribution in [-0.4, -0.2) is 34.9 Å². The lowest BCUT2D eigenvalue weighted by Crippen LogP contribution is -2.40. The van der Waals surface area contributed by atoms with Crippen LogP contribution in [0.25, 0.3) is 0 Å². The number of rotatable bonds is 2. The monoisotopic (exact) mass is 277 g/mol. The Morgan fingerprint density at radius 2 is 1.95 bits per heavy atom. The highest BCUT2D eigenvalue weighted by Crippen LogP contribution is 2.27. The number of nitroso groups, excluding NO2 is 1. The Hall–Kier alpha value is -2.44. The molecule has 0 atom stereocenters. The number of nitrogens with zero attached hydrogens (tertiary/aromatic N) is 2. The molecule has 1 aromatic rings. The van der Waals surface area contributed by atoms with Crippen molar-refractivity contribution < 1.29 is 14.7 Å². The molecule has 3 N–H and O–H groups in total. The number of phenols is 1. The van der Waals surface area contributed by atoms with Crippen LogP contribution in [0.4, 0.5) is 5.69 Å². The number of amides is 2. The van der Waals surface area contributed by atoms with Crippen molar-refractivity contribution in [2.45, 2.75) is 12.8 Å². The number of hydrogen-bond acceptors (Lipinski definition) is 5. The van der Waals surface area contributed by atoms with Crippen LogP contribution in [-0.2, 0) is 4.79 Å². The fourth-order valence-corrected chi connectivity index (χ4v) is 2.31. The van der Waals surface area contributed by atoms with E-state index in [9.17, 15) is 19.6 Å². The molecule has 7 nitrogen and oxygen atoms in total. The Balaban J connectivity index is 2.07. The van der Waals surface area contributed by atoms with E-state index in [1.807, 2.05) is 0 Å². The van der Waals surface area contributed by atoms with Crippen molar-refractivity contribution in [1.29, 1.82) is 0 Å². The van der Waals surface area contributed by atoms with Gasteiger partial charge in [0.15, 0.2) is 5.75 Å². The van der Waals surface area contributed by atoms with Gasteiger partial charge in [-0.3, -0.25) is 9.59 Å². The van der Waals surface area contributed by atoms with Crippen LogP contribution < -0.4 is 5.73 Å². The quantitative estimate of drug-likeness (QED) is 0.477. The first-order valence-corrected chi connectivity index (χ1v) is 6.28. The Morgan fingerprint density at radius 3 is 2.55 bits per heavy atom. The van der Waals surface area contributed by atoms with E-state index in [1.54, 1.807) is 6.07 Å². The second-order valence-corrected chi connectivity index (χ2v) is 4.74. The first-order valence-electron chi connectivity index (χ1n) is 6.28. The molecule has 1 saturated heterocycles. The third-order valence-electron chi connectivity index (χ3n) is 3.52. The number of anilines is 1. The molecule has 1 aliphatic rings. The third kappa shape index (κ3) is 2.61. The maximum absolute atomic E-state index is 12.3. The molecule has 0 aromatic heterocycles. The maximum atomic E-state index is 12.3. The van der Waals surface area contributed by atoms with E-state index in [-0.39, 0.29) is 22.9 Å². The molecule has 0 spiro atoms. The summed E-state index contributed by atoms with van der Waals surface area (Å²) in [6.45, 7) is 0.692. The van der Waals surface area contributed by atoms with Gasteiger partial charge in [-0.15, -0.1) is 4.91 Å². The van der Waals surface area contributed by atoms with Crippen molar-refractivity contribution in [3.8, 4) is 5.75 Å². The molecule has 20 heavy (non-hydrogen) atoms. The molecule has 1 heterocycles. The molecule has 0 saturated carbocycles. The Kier molecular flexibility index (Phi) is 3.97. The van der Waals surface area contributed by atoms with E-state index in [4.69, 9.17) is 5.73 Å². The predicted octanol–water partition coefficient (Wildman–Crippen LogP) is 1.12. The second kappa shape index (κ2) is 5.68. The number of piperidine rings is 1. The normalized spacial score (nSPS) is 15.9. The first kappa shape index (κ1) is 14.0. The average Bonchev–Trinajstić information content (AvgIpc) is 2.48. The van der Waals surface area contributed by atoms with Crippen LogP contribution >= 0.6 is 0 Å². The summed E-state index contributed by atoms with van der Waals surface area (Å²) >= 11 is 0. The largest absolute Gasteiger partial charge is 0.505 e. The topological polar surface area (TPSA) is 113 Å². The zero-order valence-corrected chi connectivity index (χ0v) is 10.8. The minimum Gasteiger partial charge on any atom is -0.505 e. The van der Waals surface area contributed by atoms with Gasteiger partial charge in [-0.1, -0.05) is 6.07 Å². The molecule has 0 unspecified atom stereocenters. The SMILES string of the molecule is Nc1cccc(C(=O)N2CCC(C(=O)N=O)CC2)c1O. The molecule has 0 aliphatic carbocycles. The minimum absolute atomic E-state index is 0.142. The zero-order valence-electron chi connectivity index (χ0n) is 10.8. The molecule has 1 aromatic carbocycles. The van der Waals surface area contributed by atoms with E-state index in [2.05, 4.69) is 5.18 Å². The zero-order chi connectivity index (χ0) is 14.7. The molecule has 1 aliphatic heterocycles. The van der Waals surface area contributed by atoms with Crippen LogP contribution in [0.15, 0.2) is 23.4 Å². The first-order chi connectivity index (χ1) is 9.54. The lowest BCUT2D eigenvalue weighted by atomic mass is 9.95. The number of phenolic OH excluding ortho intramolecular Hbond substituents is 1. The van der Waals surface area contributed by atoms with Crippen molar-refractivity contribution in [1.82, 2.24) is 4.90 Å². The smallest absolute Gasteiger partial charge is 0.289 e. The van der Waals surface area contributed by atoms with Gasteiger partial charge in [0.25, 0.3) is 11.8 Å². The fourth-order valence-electron chi connectivity index (χ4n) is 2.31. The van der Waals surface area contributed by atoms with Crippen molar-refractivity contribution in [2.24, 2.45) is 11.1 Å². The van der Waals surface area contributed by atoms with Crippen LogP contribution in [0.1, 0.15) is 23.2 Å². The standard InChI is InChI=1S/C13H15N3O4/c14-10-3-1-2-9(11(10)17)13(19)16-6-4-8(5-7-16)12(18)15-20/h1-3,8,17H,4-7,14H2. The number of carbonyl (C=O) groups is 2. The molecule has 0 radical (unpaired) electrons. The number of nitrogens with two attached hydrogens (primary N) is 1. The van der Waals surface area contributed by atoms with E-state index >= 15 is 0 Å². The number of carbonyl (C=O) groups excluding carboxylic acids is 2. The second-order valence-electron chi connectivity index (χ2n) is 4.74. The number of para-hydroxylation sites is 1. The van der Waals surface area contributed by atoms with Gasteiger partial charge in [0.2, 0.25) is 0 Å². The molecular formula is C13H15N3O4. The predicted molar refractivity (Wildman–Crippen MR) is 71.9 cm³/mol. The van der Waals surface area contributed by atoms with E-state index in [0.717, 1.165) is 0 Å². The molecule has 1 fully saturated rings. The molecule has 0 bridgehead atoms. The summed E-state index contributed by atoms with van der Waals surface area (Å²) in [4.78, 5) is 35.2. The van der Waals surface area contributed by atoms with Gasteiger partial charge in [0.05, 0.1) is 11.3 Å². The van der Waals surface area contributed by atoms with Gasteiger partial charge in [-0.2, -0.15) is 0 Å². The maximum Gasteiger partial charge on any atom is 0.289 e. The number of aromatic hydroxyl groups is 1. The van der Waals surface area contributed by atoms with Crippen LogP contribution in [0.3, 0.4) is 0 Å². The average molecular weight is 277 g/mol. The van der Waals surface area contributed by atoms with Crippen LogP contribution in [0.2, 0.25) is 0 Å². The van der Waals surface area contributed by atoms with Gasteiger partial charge in [0.1, 0.15) is 0 Å². The summed E-state index contributed by atoms with van der Waals surface area (Å²) in [5, 5.41) is 12.2. The molecular weight excluding hydrogens is 262 g/mol. The highest BCUT2D eigenvalue weighted by molar-refractivity contribution is 5.98. The van der Waals surface area contributed by atoms with Crippen molar-refractivity contribution in [2.75, 3.05) is 18.8 Å². The van der Waals surface area contributed by atoms with Gasteiger partial charge in [-0.05, 0) is 25.0 Å². The number of benzene rings is 1. The number of hydrogen-bond donors (Lipinski definition) is 2. The van der Waals surface area contributed by atoms with Gasteiger partial charge >= 0.3 is 0 Å². The highest BCUT2D eigenvalue weighted by Gasteiger charge is 2.29. The summed E-state index contributed by atoms with van der Waals surface area (Å²) in [7, 11) is 0. The molecule has 2 amide bonds. The molecule has 106 valence electrons. The van der Waals surface area contributed by atoms with E-state index < -0.39 is 11.8 Å². The van der Waals surface area contributed by atoms with Crippen molar-refractivity contribution in [3.63, 3.8) is 0 Å². The van der Waals surface area contributed by atoms with E-state index in [1.165, 1.54) is 17.0 Å². The van der Waals surface area contributed by atoms with Gasteiger partial charge in [0, 0.05) is 24.2 Å². The van der Waals surface area contributed by atoms with Crippen molar-refractivity contribution in [3.05, 3.63) is 28.7 Å². The molecule has 7 heteroatoms. The van der Waals surface area contributed by atoms with Crippen LogP contribution in [0.5, 0.6) is 5.75 Å². The van der Waals surface area contributed by atoms with Gasteiger partial charge < -0.3 is 15.7 Å².